The highest BCUT2D eigenvalue weighted by Crippen LogP contribution is 2.25. The summed E-state index contributed by atoms with van der Waals surface area (Å²) < 4.78 is 5.35. The van der Waals surface area contributed by atoms with Gasteiger partial charge in [-0.3, -0.25) is 9.59 Å². The highest BCUT2D eigenvalue weighted by atomic mass is 32.1. The smallest absolute Gasteiger partial charge is 0.326 e. The Bertz CT molecular complexity index is 693. The van der Waals surface area contributed by atoms with Gasteiger partial charge in [0.25, 0.3) is 5.91 Å². The first-order chi connectivity index (χ1) is 10.0. The predicted molar refractivity (Wildman–Crippen MR) is 77.3 cm³/mol. The van der Waals surface area contributed by atoms with Gasteiger partial charge in [-0.05, 0) is 6.07 Å². The van der Waals surface area contributed by atoms with Gasteiger partial charge >= 0.3 is 11.9 Å². The van der Waals surface area contributed by atoms with Gasteiger partial charge in [-0.25, -0.2) is 4.79 Å². The number of methoxy groups -OCH3 is 1. The number of fused-ring (bicyclic) bond motifs is 1. The molecular formula is C14H13NO5S. The van der Waals surface area contributed by atoms with Crippen LogP contribution in [0.2, 0.25) is 0 Å². The fourth-order valence-electron chi connectivity index (χ4n) is 1.84. The normalized spacial score (nSPS) is 11.9. The molecule has 1 atom stereocenters. The summed E-state index contributed by atoms with van der Waals surface area (Å²) >= 11 is 1.40. The Kier molecular flexibility index (Phi) is 4.54. The molecule has 2 rings (SSSR count). The summed E-state index contributed by atoms with van der Waals surface area (Å²) in [6, 6.07) is 6.01. The Morgan fingerprint density at radius 1 is 1.33 bits per heavy atom. The number of benzene rings is 1. The SMILES string of the molecule is COC(=O)C[C@H](NC(=O)c1csc2ccccc12)C(=O)O. The summed E-state index contributed by atoms with van der Waals surface area (Å²) in [5, 5.41) is 13.8. The number of rotatable bonds is 5. The van der Waals surface area contributed by atoms with E-state index in [1.165, 1.54) is 11.3 Å². The zero-order valence-electron chi connectivity index (χ0n) is 11.2. The van der Waals surface area contributed by atoms with E-state index in [0.29, 0.717) is 5.56 Å². The largest absolute Gasteiger partial charge is 0.480 e. The number of thiophene rings is 1. The molecule has 0 bridgehead atoms. The average Bonchev–Trinajstić information content (AvgIpc) is 2.90. The highest BCUT2D eigenvalue weighted by Gasteiger charge is 2.25. The molecule has 0 spiro atoms. The first kappa shape index (κ1) is 15.0. The molecule has 110 valence electrons. The molecule has 0 fully saturated rings. The summed E-state index contributed by atoms with van der Waals surface area (Å²) in [6.07, 6.45) is -0.417. The lowest BCUT2D eigenvalue weighted by atomic mass is 10.1. The van der Waals surface area contributed by atoms with Crippen molar-refractivity contribution in [2.75, 3.05) is 7.11 Å². The van der Waals surface area contributed by atoms with Crippen LogP contribution in [0.1, 0.15) is 16.8 Å². The van der Waals surface area contributed by atoms with Gasteiger partial charge in [0.05, 0.1) is 19.1 Å². The zero-order valence-corrected chi connectivity index (χ0v) is 12.0. The van der Waals surface area contributed by atoms with E-state index in [1.807, 2.05) is 12.1 Å². The molecule has 2 N–H and O–H groups in total. The van der Waals surface area contributed by atoms with E-state index >= 15 is 0 Å². The molecule has 0 unspecified atom stereocenters. The van der Waals surface area contributed by atoms with Gasteiger partial charge in [-0.2, -0.15) is 0 Å². The van der Waals surface area contributed by atoms with Gasteiger partial charge < -0.3 is 15.2 Å². The van der Waals surface area contributed by atoms with Gasteiger partial charge in [0.2, 0.25) is 0 Å². The zero-order chi connectivity index (χ0) is 15.4. The number of carbonyl (C=O) groups is 3. The van der Waals surface area contributed by atoms with Crippen molar-refractivity contribution in [1.29, 1.82) is 0 Å². The van der Waals surface area contributed by atoms with Crippen LogP contribution >= 0.6 is 11.3 Å². The van der Waals surface area contributed by atoms with Crippen molar-refractivity contribution < 1.29 is 24.2 Å². The summed E-state index contributed by atoms with van der Waals surface area (Å²) in [4.78, 5) is 34.5. The molecule has 21 heavy (non-hydrogen) atoms. The molecule has 1 aromatic carbocycles. The second-order valence-corrected chi connectivity index (χ2v) is 5.20. The minimum Gasteiger partial charge on any atom is -0.480 e. The lowest BCUT2D eigenvalue weighted by Gasteiger charge is -2.12. The average molecular weight is 307 g/mol. The first-order valence-electron chi connectivity index (χ1n) is 6.09. The van der Waals surface area contributed by atoms with E-state index in [9.17, 15) is 14.4 Å². The molecule has 0 aliphatic rings. The van der Waals surface area contributed by atoms with Crippen LogP contribution in [0.15, 0.2) is 29.6 Å². The van der Waals surface area contributed by atoms with Crippen LogP contribution in [0.25, 0.3) is 10.1 Å². The van der Waals surface area contributed by atoms with Crippen molar-refractivity contribution in [3.8, 4) is 0 Å². The fourth-order valence-corrected chi connectivity index (χ4v) is 2.78. The van der Waals surface area contributed by atoms with E-state index in [4.69, 9.17) is 5.11 Å². The number of hydrogen-bond donors (Lipinski definition) is 2. The Morgan fingerprint density at radius 3 is 2.71 bits per heavy atom. The molecule has 1 amide bonds. The van der Waals surface area contributed by atoms with E-state index in [-0.39, 0.29) is 0 Å². The van der Waals surface area contributed by atoms with Crippen molar-refractivity contribution >= 4 is 39.3 Å². The lowest BCUT2D eigenvalue weighted by Crippen LogP contribution is -2.42. The molecule has 2 aromatic rings. The van der Waals surface area contributed by atoms with Crippen LogP contribution in [0.4, 0.5) is 0 Å². The van der Waals surface area contributed by atoms with Crippen LogP contribution in [-0.4, -0.2) is 36.1 Å². The number of amides is 1. The minimum atomic E-state index is -1.32. The van der Waals surface area contributed by atoms with Crippen molar-refractivity contribution in [2.45, 2.75) is 12.5 Å². The number of carboxylic acids is 1. The Balaban J connectivity index is 2.19. The topological polar surface area (TPSA) is 92.7 Å². The van der Waals surface area contributed by atoms with Crippen LogP contribution in [0.3, 0.4) is 0 Å². The Labute approximate surface area is 124 Å². The number of carboxylic acid groups (broad SMARTS) is 1. The third-order valence-corrected chi connectivity index (χ3v) is 3.89. The van der Waals surface area contributed by atoms with Crippen LogP contribution in [-0.2, 0) is 14.3 Å². The van der Waals surface area contributed by atoms with E-state index < -0.39 is 30.3 Å². The maximum Gasteiger partial charge on any atom is 0.326 e. The van der Waals surface area contributed by atoms with Crippen molar-refractivity contribution in [1.82, 2.24) is 5.32 Å². The molecule has 0 saturated carbocycles. The molecule has 0 aliphatic heterocycles. The monoisotopic (exact) mass is 307 g/mol. The number of esters is 1. The second kappa shape index (κ2) is 6.36. The molecule has 0 radical (unpaired) electrons. The maximum absolute atomic E-state index is 12.2. The lowest BCUT2D eigenvalue weighted by molar-refractivity contribution is -0.147. The van der Waals surface area contributed by atoms with Gasteiger partial charge in [-0.15, -0.1) is 11.3 Å². The number of ether oxygens (including phenoxy) is 1. The number of carbonyl (C=O) groups excluding carboxylic acids is 2. The first-order valence-corrected chi connectivity index (χ1v) is 6.97. The maximum atomic E-state index is 12.2. The van der Waals surface area contributed by atoms with Gasteiger partial charge in [0.15, 0.2) is 0 Å². The number of aliphatic carboxylic acids is 1. The van der Waals surface area contributed by atoms with Gasteiger partial charge in [-0.1, -0.05) is 18.2 Å². The third kappa shape index (κ3) is 3.38. The quantitative estimate of drug-likeness (QED) is 0.819. The standard InChI is InChI=1S/C14H13NO5S/c1-20-12(16)6-10(14(18)19)15-13(17)9-7-21-11-5-3-2-4-8(9)11/h2-5,7,10H,6H2,1H3,(H,15,17)(H,18,19)/t10-/m0/s1. The Morgan fingerprint density at radius 2 is 2.05 bits per heavy atom. The van der Waals surface area contributed by atoms with Gasteiger partial charge in [0.1, 0.15) is 6.04 Å². The summed E-state index contributed by atoms with van der Waals surface area (Å²) in [5.41, 5.74) is 0.395. The Hall–Kier alpha value is -2.41. The molecular weight excluding hydrogens is 294 g/mol. The van der Waals surface area contributed by atoms with Gasteiger partial charge in [0, 0.05) is 15.5 Å². The van der Waals surface area contributed by atoms with E-state index in [0.717, 1.165) is 17.2 Å². The molecule has 7 heteroatoms. The molecule has 6 nitrogen and oxygen atoms in total. The van der Waals surface area contributed by atoms with Crippen LogP contribution in [0, 0.1) is 0 Å². The fraction of sp³-hybridized carbons (Fsp3) is 0.214. The van der Waals surface area contributed by atoms with E-state index in [1.54, 1.807) is 17.5 Å². The molecule has 1 aromatic heterocycles. The van der Waals surface area contributed by atoms with Crippen LogP contribution < -0.4 is 5.32 Å². The molecule has 1 heterocycles. The number of nitrogens with one attached hydrogen (secondary N) is 1. The van der Waals surface area contributed by atoms with Crippen molar-refractivity contribution in [2.24, 2.45) is 0 Å². The predicted octanol–water partition coefficient (Wildman–Crippen LogP) is 1.65. The van der Waals surface area contributed by atoms with E-state index in [2.05, 4.69) is 10.1 Å². The summed E-state index contributed by atoms with van der Waals surface area (Å²) in [7, 11) is 1.16. The highest BCUT2D eigenvalue weighted by molar-refractivity contribution is 7.17. The summed E-state index contributed by atoms with van der Waals surface area (Å²) in [6.45, 7) is 0. The third-order valence-electron chi connectivity index (χ3n) is 2.93. The molecule has 0 aliphatic carbocycles. The van der Waals surface area contributed by atoms with Crippen molar-refractivity contribution in [3.05, 3.63) is 35.2 Å². The molecule has 0 saturated heterocycles. The number of hydrogen-bond acceptors (Lipinski definition) is 5. The minimum absolute atomic E-state index is 0.395. The second-order valence-electron chi connectivity index (χ2n) is 4.29. The summed E-state index contributed by atoms with van der Waals surface area (Å²) in [5.74, 6) is -2.50. The van der Waals surface area contributed by atoms with Crippen molar-refractivity contribution in [3.63, 3.8) is 0 Å². The van der Waals surface area contributed by atoms with Crippen LogP contribution in [0.5, 0.6) is 0 Å².